The standard InChI is InChI=1S/C19H18F2N4O2S2/c20-18(21)25-12-7-3-2-6-11(12)23-19(25)28-9-14(26)24-17-15(16(22)27)10-5-1-4-8-13(10)29-17/h2-3,6-7,18H,1,4-5,8-9H2,(H2,22,27)(H,24,26). The lowest BCUT2D eigenvalue weighted by Crippen LogP contribution is -2.19. The van der Waals surface area contributed by atoms with Gasteiger partial charge in [-0.05, 0) is 43.4 Å². The molecule has 1 aromatic carbocycles. The molecule has 3 N–H and O–H groups in total. The van der Waals surface area contributed by atoms with E-state index in [-0.39, 0.29) is 10.9 Å². The number of carbonyl (C=O) groups is 2. The van der Waals surface area contributed by atoms with Gasteiger partial charge in [-0.2, -0.15) is 8.78 Å². The van der Waals surface area contributed by atoms with Gasteiger partial charge in [0, 0.05) is 4.88 Å². The third kappa shape index (κ3) is 3.86. The molecular weight excluding hydrogens is 418 g/mol. The number of benzene rings is 1. The van der Waals surface area contributed by atoms with E-state index in [1.54, 1.807) is 24.3 Å². The van der Waals surface area contributed by atoms with E-state index in [0.29, 0.717) is 21.6 Å². The van der Waals surface area contributed by atoms with Crippen LogP contribution in [0.3, 0.4) is 0 Å². The smallest absolute Gasteiger partial charge is 0.321 e. The summed E-state index contributed by atoms with van der Waals surface area (Å²) in [6, 6.07) is 6.59. The van der Waals surface area contributed by atoms with Crippen molar-refractivity contribution >= 4 is 50.9 Å². The van der Waals surface area contributed by atoms with Gasteiger partial charge in [0.25, 0.3) is 5.91 Å². The number of nitrogens with one attached hydrogen (secondary N) is 1. The lowest BCUT2D eigenvalue weighted by atomic mass is 9.95. The number of hydrogen-bond donors (Lipinski definition) is 2. The minimum absolute atomic E-state index is 0.0666. The molecule has 1 aliphatic carbocycles. The number of para-hydroxylation sites is 2. The molecule has 0 saturated carbocycles. The molecule has 10 heteroatoms. The summed E-state index contributed by atoms with van der Waals surface area (Å²) in [4.78, 5) is 29.7. The molecule has 152 valence electrons. The van der Waals surface area contributed by atoms with Gasteiger partial charge in [0.2, 0.25) is 5.91 Å². The Kier molecular flexibility index (Phi) is 5.55. The molecule has 0 spiro atoms. The number of primary amides is 1. The number of alkyl halides is 2. The Labute approximate surface area is 173 Å². The van der Waals surface area contributed by atoms with Crippen LogP contribution >= 0.6 is 23.1 Å². The molecule has 3 aromatic rings. The third-order valence-corrected chi connectivity index (χ3v) is 6.92. The molecule has 0 radical (unpaired) electrons. The Morgan fingerprint density at radius 3 is 2.79 bits per heavy atom. The van der Waals surface area contributed by atoms with Gasteiger partial charge in [-0.15, -0.1) is 11.3 Å². The van der Waals surface area contributed by atoms with E-state index in [1.807, 2.05) is 0 Å². The van der Waals surface area contributed by atoms with Crippen molar-refractivity contribution in [2.75, 3.05) is 11.1 Å². The van der Waals surface area contributed by atoms with Crippen molar-refractivity contribution < 1.29 is 18.4 Å². The number of imidazole rings is 1. The second kappa shape index (κ2) is 8.11. The quantitative estimate of drug-likeness (QED) is 0.567. The third-order valence-electron chi connectivity index (χ3n) is 4.76. The van der Waals surface area contributed by atoms with Gasteiger partial charge in [0.15, 0.2) is 5.16 Å². The Bertz CT molecular complexity index is 1090. The minimum Gasteiger partial charge on any atom is -0.365 e. The average Bonchev–Trinajstić information content (AvgIpc) is 3.23. The van der Waals surface area contributed by atoms with Crippen LogP contribution in [0.2, 0.25) is 0 Å². The zero-order chi connectivity index (χ0) is 20.5. The fourth-order valence-electron chi connectivity index (χ4n) is 3.52. The molecule has 0 atom stereocenters. The van der Waals surface area contributed by atoms with Crippen LogP contribution < -0.4 is 11.1 Å². The largest absolute Gasteiger partial charge is 0.365 e. The fourth-order valence-corrected chi connectivity index (χ4v) is 5.64. The molecular formula is C19H18F2N4O2S2. The van der Waals surface area contributed by atoms with Crippen molar-refractivity contribution in [1.29, 1.82) is 0 Å². The summed E-state index contributed by atoms with van der Waals surface area (Å²) in [6.45, 7) is -2.77. The first-order valence-electron chi connectivity index (χ1n) is 9.08. The van der Waals surface area contributed by atoms with E-state index in [1.165, 1.54) is 11.3 Å². The summed E-state index contributed by atoms with van der Waals surface area (Å²) in [7, 11) is 0. The van der Waals surface area contributed by atoms with E-state index < -0.39 is 18.4 Å². The molecule has 1 aliphatic rings. The average molecular weight is 437 g/mol. The first-order valence-corrected chi connectivity index (χ1v) is 10.9. The normalized spacial score (nSPS) is 13.6. The number of amides is 2. The Balaban J connectivity index is 1.52. The zero-order valence-electron chi connectivity index (χ0n) is 15.3. The highest BCUT2D eigenvalue weighted by molar-refractivity contribution is 7.99. The lowest BCUT2D eigenvalue weighted by molar-refractivity contribution is -0.113. The van der Waals surface area contributed by atoms with E-state index >= 15 is 0 Å². The summed E-state index contributed by atoms with van der Waals surface area (Å²) < 4.78 is 27.8. The highest BCUT2D eigenvalue weighted by Gasteiger charge is 2.25. The van der Waals surface area contributed by atoms with Crippen molar-refractivity contribution in [2.24, 2.45) is 5.73 Å². The van der Waals surface area contributed by atoms with Crippen LogP contribution in [0, 0.1) is 0 Å². The monoisotopic (exact) mass is 436 g/mol. The van der Waals surface area contributed by atoms with E-state index in [0.717, 1.165) is 52.5 Å². The summed E-state index contributed by atoms with van der Waals surface area (Å²) >= 11 is 2.30. The number of nitrogens with zero attached hydrogens (tertiary/aromatic N) is 2. The van der Waals surface area contributed by atoms with Crippen LogP contribution in [-0.2, 0) is 17.6 Å². The maximum absolute atomic E-state index is 13.5. The Hall–Kier alpha value is -2.46. The molecule has 0 unspecified atom stereocenters. The van der Waals surface area contributed by atoms with Crippen LogP contribution in [0.4, 0.5) is 13.8 Å². The predicted molar refractivity (Wildman–Crippen MR) is 110 cm³/mol. The first-order chi connectivity index (χ1) is 14.0. The fraction of sp³-hybridized carbons (Fsp3) is 0.316. The topological polar surface area (TPSA) is 90.0 Å². The number of hydrogen-bond acceptors (Lipinski definition) is 5. The van der Waals surface area contributed by atoms with Crippen molar-refractivity contribution in [3.8, 4) is 0 Å². The molecule has 2 aromatic heterocycles. The second-order valence-corrected chi connectivity index (χ2v) is 8.69. The van der Waals surface area contributed by atoms with E-state index in [4.69, 9.17) is 5.73 Å². The number of thiophene rings is 1. The Morgan fingerprint density at radius 1 is 1.28 bits per heavy atom. The highest BCUT2D eigenvalue weighted by Crippen LogP contribution is 2.38. The minimum atomic E-state index is -2.77. The van der Waals surface area contributed by atoms with Crippen molar-refractivity contribution in [3.05, 3.63) is 40.3 Å². The van der Waals surface area contributed by atoms with Crippen LogP contribution in [0.15, 0.2) is 29.4 Å². The number of aryl methyl sites for hydroxylation is 1. The summed E-state index contributed by atoms with van der Waals surface area (Å²) in [6.07, 6.45) is 3.66. The van der Waals surface area contributed by atoms with Gasteiger partial charge in [-0.25, -0.2) is 4.98 Å². The van der Waals surface area contributed by atoms with Gasteiger partial charge in [-0.1, -0.05) is 23.9 Å². The molecule has 29 heavy (non-hydrogen) atoms. The van der Waals surface area contributed by atoms with Gasteiger partial charge in [0.05, 0.1) is 22.3 Å². The van der Waals surface area contributed by atoms with E-state index in [2.05, 4.69) is 10.3 Å². The maximum Gasteiger partial charge on any atom is 0.321 e. The molecule has 6 nitrogen and oxygen atoms in total. The maximum atomic E-state index is 13.5. The molecule has 2 heterocycles. The summed E-state index contributed by atoms with van der Waals surface area (Å²) in [5, 5.41) is 3.24. The van der Waals surface area contributed by atoms with Gasteiger partial charge < -0.3 is 11.1 Å². The van der Waals surface area contributed by atoms with Crippen molar-refractivity contribution in [3.63, 3.8) is 0 Å². The molecule has 0 fully saturated rings. The van der Waals surface area contributed by atoms with Gasteiger partial charge in [-0.3, -0.25) is 14.2 Å². The number of thioether (sulfide) groups is 1. The number of nitrogens with two attached hydrogens (primary N) is 1. The lowest BCUT2D eigenvalue weighted by Gasteiger charge is -2.11. The van der Waals surface area contributed by atoms with Crippen LogP contribution in [0.25, 0.3) is 11.0 Å². The van der Waals surface area contributed by atoms with E-state index in [9.17, 15) is 18.4 Å². The molecule has 2 amide bonds. The number of aromatic nitrogens is 2. The Morgan fingerprint density at radius 2 is 2.03 bits per heavy atom. The SMILES string of the molecule is NC(=O)c1c(NC(=O)CSc2nc3ccccc3n2C(F)F)sc2c1CCCC2. The zero-order valence-corrected chi connectivity index (χ0v) is 16.9. The second-order valence-electron chi connectivity index (χ2n) is 6.65. The van der Waals surface area contributed by atoms with Crippen LogP contribution in [0.1, 0.15) is 40.2 Å². The van der Waals surface area contributed by atoms with Crippen molar-refractivity contribution in [1.82, 2.24) is 9.55 Å². The predicted octanol–water partition coefficient (Wildman–Crippen LogP) is 4.20. The first kappa shape index (κ1) is 19.8. The number of rotatable bonds is 6. The number of anilines is 1. The molecule has 0 bridgehead atoms. The molecule has 0 saturated heterocycles. The highest BCUT2D eigenvalue weighted by atomic mass is 32.2. The summed E-state index contributed by atoms with van der Waals surface area (Å²) in [5.41, 5.74) is 7.59. The van der Waals surface area contributed by atoms with Crippen LogP contribution in [0.5, 0.6) is 0 Å². The van der Waals surface area contributed by atoms with Crippen LogP contribution in [-0.4, -0.2) is 27.1 Å². The molecule has 0 aliphatic heterocycles. The number of carbonyl (C=O) groups excluding carboxylic acids is 2. The number of fused-ring (bicyclic) bond motifs is 2. The molecule has 4 rings (SSSR count). The summed E-state index contributed by atoms with van der Waals surface area (Å²) in [5.74, 6) is -1.08. The number of halogens is 2. The van der Waals surface area contributed by atoms with Gasteiger partial charge in [0.1, 0.15) is 5.00 Å². The van der Waals surface area contributed by atoms with Crippen molar-refractivity contribution in [2.45, 2.75) is 37.4 Å². The van der Waals surface area contributed by atoms with Gasteiger partial charge >= 0.3 is 6.55 Å².